The number of rotatable bonds is 8. The quantitative estimate of drug-likeness (QED) is 0.365. The Morgan fingerprint density at radius 2 is 1.96 bits per heavy atom. The Morgan fingerprint density at radius 1 is 1.28 bits per heavy atom. The van der Waals surface area contributed by atoms with E-state index in [1.54, 1.807) is 13.4 Å². The maximum absolute atomic E-state index is 12.2. The zero-order chi connectivity index (χ0) is 18.4. The van der Waals surface area contributed by atoms with Crippen molar-refractivity contribution in [2.45, 2.75) is 18.1 Å². The third kappa shape index (κ3) is 5.64. The second-order valence-electron chi connectivity index (χ2n) is 4.83. The van der Waals surface area contributed by atoms with Gasteiger partial charge >= 0.3 is 0 Å². The highest BCUT2D eigenvalue weighted by molar-refractivity contribution is 7.99. The number of benzene rings is 1. The molecule has 0 bridgehead atoms. The minimum Gasteiger partial charge on any atom is -0.385 e. The maximum atomic E-state index is 12.2. The van der Waals surface area contributed by atoms with E-state index in [1.807, 2.05) is 4.57 Å². The van der Waals surface area contributed by atoms with Crippen LogP contribution < -0.4 is 5.32 Å². The first-order valence-electron chi connectivity index (χ1n) is 7.06. The normalized spacial score (nSPS) is 10.9. The monoisotopic (exact) mass is 442 g/mol. The van der Waals surface area contributed by atoms with Crippen molar-refractivity contribution in [3.8, 4) is 0 Å². The summed E-state index contributed by atoms with van der Waals surface area (Å²) in [5.41, 5.74) is 0.188. The number of hydrogen-bond acceptors (Lipinski definition) is 5. The molecular weight excluding hydrogens is 430 g/mol. The Balaban J connectivity index is 1.97. The fourth-order valence-corrected chi connectivity index (χ4v) is 3.52. The van der Waals surface area contributed by atoms with Crippen LogP contribution in [0.1, 0.15) is 6.42 Å². The molecule has 1 aromatic heterocycles. The minimum absolute atomic E-state index is 0.0970. The Hall–Kier alpha value is -0.700. The summed E-state index contributed by atoms with van der Waals surface area (Å²) >= 11 is 25.3. The van der Waals surface area contributed by atoms with Gasteiger partial charge in [0.15, 0.2) is 5.16 Å². The molecule has 0 aliphatic rings. The van der Waals surface area contributed by atoms with E-state index in [2.05, 4.69) is 15.5 Å². The number of methoxy groups -OCH3 is 1. The van der Waals surface area contributed by atoms with E-state index in [9.17, 15) is 4.79 Å². The topological polar surface area (TPSA) is 69.0 Å². The fourth-order valence-electron chi connectivity index (χ4n) is 1.88. The van der Waals surface area contributed by atoms with Crippen LogP contribution in [-0.2, 0) is 16.1 Å². The van der Waals surface area contributed by atoms with Crippen molar-refractivity contribution < 1.29 is 9.53 Å². The number of thioether (sulfide) groups is 1. The van der Waals surface area contributed by atoms with Crippen LogP contribution in [0.5, 0.6) is 0 Å². The number of ether oxygens (including phenoxy) is 1. The molecular formula is C14H14Cl4N4O2S. The smallest absolute Gasteiger partial charge is 0.234 e. The van der Waals surface area contributed by atoms with E-state index in [-0.39, 0.29) is 37.4 Å². The van der Waals surface area contributed by atoms with Crippen molar-refractivity contribution in [3.63, 3.8) is 0 Å². The molecule has 1 aromatic carbocycles. The summed E-state index contributed by atoms with van der Waals surface area (Å²) in [6.45, 7) is 1.33. The van der Waals surface area contributed by atoms with E-state index < -0.39 is 0 Å². The van der Waals surface area contributed by atoms with Gasteiger partial charge in [0.25, 0.3) is 0 Å². The van der Waals surface area contributed by atoms with Crippen molar-refractivity contribution in [2.24, 2.45) is 0 Å². The van der Waals surface area contributed by atoms with E-state index in [1.165, 1.54) is 17.8 Å². The van der Waals surface area contributed by atoms with Gasteiger partial charge < -0.3 is 14.6 Å². The van der Waals surface area contributed by atoms with Crippen molar-refractivity contribution >= 4 is 69.8 Å². The molecule has 1 N–H and O–H groups in total. The number of halogens is 4. The number of anilines is 1. The molecule has 1 heterocycles. The molecule has 0 unspecified atom stereocenters. The molecule has 0 fully saturated rings. The highest BCUT2D eigenvalue weighted by atomic mass is 35.5. The number of carbonyl (C=O) groups excluding carboxylic acids is 1. The van der Waals surface area contributed by atoms with Crippen LogP contribution in [0.15, 0.2) is 17.6 Å². The molecule has 0 aliphatic heterocycles. The summed E-state index contributed by atoms with van der Waals surface area (Å²) in [4.78, 5) is 12.2. The average Bonchev–Trinajstić information content (AvgIpc) is 3.03. The van der Waals surface area contributed by atoms with Gasteiger partial charge in [0.1, 0.15) is 6.33 Å². The van der Waals surface area contributed by atoms with E-state index in [4.69, 9.17) is 51.1 Å². The standard InChI is InChI=1S/C14H14Cl4N4O2S/c1-24-4-2-3-22-7-19-21-14(22)25-6-10(23)20-13-11(17)8(15)5-9(16)12(13)18/h5,7H,2-4,6H2,1H3,(H,20,23). The number of amides is 1. The summed E-state index contributed by atoms with van der Waals surface area (Å²) in [5, 5.41) is 11.8. The van der Waals surface area contributed by atoms with Crippen LogP contribution in [0.3, 0.4) is 0 Å². The Bertz CT molecular complexity index is 730. The van der Waals surface area contributed by atoms with Gasteiger partial charge in [0.05, 0.1) is 31.5 Å². The lowest BCUT2D eigenvalue weighted by Gasteiger charge is -2.12. The van der Waals surface area contributed by atoms with Gasteiger partial charge in [-0.25, -0.2) is 0 Å². The van der Waals surface area contributed by atoms with Crippen LogP contribution in [0, 0.1) is 0 Å². The maximum Gasteiger partial charge on any atom is 0.234 e. The molecule has 25 heavy (non-hydrogen) atoms. The third-order valence-corrected chi connectivity index (χ3v) is 5.59. The highest BCUT2D eigenvalue weighted by Gasteiger charge is 2.17. The number of nitrogens with zero attached hydrogens (tertiary/aromatic N) is 3. The predicted octanol–water partition coefficient (Wildman–Crippen LogP) is 4.66. The van der Waals surface area contributed by atoms with Crippen LogP contribution >= 0.6 is 58.2 Å². The molecule has 0 saturated carbocycles. The molecule has 0 radical (unpaired) electrons. The summed E-state index contributed by atoms with van der Waals surface area (Å²) in [5.74, 6) is -0.224. The second kappa shape index (κ2) is 9.85. The van der Waals surface area contributed by atoms with Gasteiger partial charge in [-0.05, 0) is 12.5 Å². The molecule has 11 heteroatoms. The molecule has 6 nitrogen and oxygen atoms in total. The molecule has 0 atom stereocenters. The molecule has 2 aromatic rings. The van der Waals surface area contributed by atoms with Gasteiger partial charge in [-0.1, -0.05) is 58.2 Å². The van der Waals surface area contributed by atoms with Crippen molar-refractivity contribution in [1.29, 1.82) is 0 Å². The lowest BCUT2D eigenvalue weighted by atomic mass is 10.3. The first-order chi connectivity index (χ1) is 11.9. The molecule has 136 valence electrons. The first-order valence-corrected chi connectivity index (χ1v) is 9.56. The highest BCUT2D eigenvalue weighted by Crippen LogP contribution is 2.41. The van der Waals surface area contributed by atoms with Crippen LogP contribution in [-0.4, -0.2) is 40.1 Å². The number of aryl methyl sites for hydroxylation is 1. The number of aromatic nitrogens is 3. The molecule has 0 aliphatic carbocycles. The van der Waals surface area contributed by atoms with E-state index in [0.29, 0.717) is 18.3 Å². The number of hydrogen-bond donors (Lipinski definition) is 1. The third-order valence-electron chi connectivity index (χ3n) is 3.04. The summed E-state index contributed by atoms with van der Waals surface area (Å²) < 4.78 is 6.87. The predicted molar refractivity (Wildman–Crippen MR) is 102 cm³/mol. The molecule has 0 spiro atoms. The number of carbonyl (C=O) groups is 1. The molecule has 1 amide bonds. The van der Waals surface area contributed by atoms with Gasteiger partial charge in [-0.3, -0.25) is 4.79 Å². The SMILES string of the molecule is COCCCn1cnnc1SCC(=O)Nc1c(Cl)c(Cl)cc(Cl)c1Cl. The summed E-state index contributed by atoms with van der Waals surface area (Å²) in [6, 6.07) is 1.42. The zero-order valence-corrected chi connectivity index (χ0v) is 16.9. The Kier molecular flexibility index (Phi) is 8.12. The van der Waals surface area contributed by atoms with Crippen molar-refractivity contribution in [3.05, 3.63) is 32.5 Å². The van der Waals surface area contributed by atoms with Crippen LogP contribution in [0.4, 0.5) is 5.69 Å². The van der Waals surface area contributed by atoms with Crippen LogP contribution in [0.25, 0.3) is 0 Å². The lowest BCUT2D eigenvalue weighted by molar-refractivity contribution is -0.113. The largest absolute Gasteiger partial charge is 0.385 e. The summed E-state index contributed by atoms with van der Waals surface area (Å²) in [6.07, 6.45) is 2.43. The van der Waals surface area contributed by atoms with Gasteiger partial charge in [-0.15, -0.1) is 10.2 Å². The van der Waals surface area contributed by atoms with Gasteiger partial charge in [0, 0.05) is 20.3 Å². The fraction of sp³-hybridized carbons (Fsp3) is 0.357. The molecule has 0 saturated heterocycles. The van der Waals surface area contributed by atoms with Gasteiger partial charge in [-0.2, -0.15) is 0 Å². The second-order valence-corrected chi connectivity index (χ2v) is 7.35. The lowest BCUT2D eigenvalue weighted by Crippen LogP contribution is -2.15. The Labute approximate surface area is 169 Å². The van der Waals surface area contributed by atoms with E-state index in [0.717, 1.165) is 6.42 Å². The average molecular weight is 444 g/mol. The Morgan fingerprint density at radius 3 is 2.60 bits per heavy atom. The van der Waals surface area contributed by atoms with Gasteiger partial charge in [0.2, 0.25) is 5.91 Å². The number of nitrogens with one attached hydrogen (secondary N) is 1. The minimum atomic E-state index is -0.321. The van der Waals surface area contributed by atoms with E-state index >= 15 is 0 Å². The van der Waals surface area contributed by atoms with Crippen molar-refractivity contribution in [1.82, 2.24) is 14.8 Å². The van der Waals surface area contributed by atoms with Crippen molar-refractivity contribution in [2.75, 3.05) is 24.8 Å². The first kappa shape index (κ1) is 20.6. The molecule has 2 rings (SSSR count). The van der Waals surface area contributed by atoms with Crippen LogP contribution in [0.2, 0.25) is 20.1 Å². The summed E-state index contributed by atoms with van der Waals surface area (Å²) in [7, 11) is 1.64. The zero-order valence-electron chi connectivity index (χ0n) is 13.1.